The molecule has 0 aliphatic rings. The number of halogens is 3. The fraction of sp³-hybridized carbons (Fsp3) is 0.400. The third-order valence-electron chi connectivity index (χ3n) is 1.69. The molecule has 0 heterocycles. The lowest BCUT2D eigenvalue weighted by Crippen LogP contribution is -1.89. The van der Waals surface area contributed by atoms with Crippen LogP contribution in [0.5, 0.6) is 0 Å². The van der Waals surface area contributed by atoms with Crippen LogP contribution in [0.2, 0.25) is 0 Å². The van der Waals surface area contributed by atoms with E-state index >= 15 is 0 Å². The highest BCUT2D eigenvalue weighted by molar-refractivity contribution is 9.10. The zero-order chi connectivity index (χ0) is 10.4. The van der Waals surface area contributed by atoms with Crippen LogP contribution in [0.25, 0.3) is 0 Å². The molecule has 1 rings (SSSR count). The molecule has 0 unspecified atom stereocenters. The van der Waals surface area contributed by atoms with Gasteiger partial charge >= 0.3 is 0 Å². The van der Waals surface area contributed by atoms with E-state index in [9.17, 15) is 4.39 Å². The standard InChI is InChI=1S/C10H11BrClFS/c11-9-3-2-8(10(13)6-9)7-14-5-1-4-12/h2-3,6H,1,4-5,7H2. The average Bonchev–Trinajstić information content (AvgIpc) is 2.15. The van der Waals surface area contributed by atoms with Crippen molar-refractivity contribution in [1.29, 1.82) is 0 Å². The van der Waals surface area contributed by atoms with Crippen molar-refractivity contribution in [2.24, 2.45) is 0 Å². The quantitative estimate of drug-likeness (QED) is 0.571. The van der Waals surface area contributed by atoms with E-state index in [2.05, 4.69) is 15.9 Å². The van der Waals surface area contributed by atoms with Crippen LogP contribution >= 0.6 is 39.3 Å². The second kappa shape index (κ2) is 6.70. The Hall–Kier alpha value is 0.270. The van der Waals surface area contributed by atoms with Gasteiger partial charge in [-0.15, -0.1) is 11.6 Å². The van der Waals surface area contributed by atoms with Crippen LogP contribution in [-0.2, 0) is 5.75 Å². The van der Waals surface area contributed by atoms with Crippen molar-refractivity contribution in [3.63, 3.8) is 0 Å². The smallest absolute Gasteiger partial charge is 0.128 e. The van der Waals surface area contributed by atoms with Crippen LogP contribution in [0.1, 0.15) is 12.0 Å². The van der Waals surface area contributed by atoms with E-state index in [0.29, 0.717) is 5.88 Å². The summed E-state index contributed by atoms with van der Waals surface area (Å²) in [4.78, 5) is 0. The summed E-state index contributed by atoms with van der Waals surface area (Å²) >= 11 is 10.5. The Bertz CT molecular complexity index is 293. The predicted octanol–water partition coefficient (Wildman–Crippen LogP) is 4.45. The Morgan fingerprint density at radius 2 is 2.21 bits per heavy atom. The second-order valence-electron chi connectivity index (χ2n) is 2.83. The van der Waals surface area contributed by atoms with E-state index in [-0.39, 0.29) is 5.82 Å². The maximum absolute atomic E-state index is 13.3. The SMILES string of the molecule is Fc1cc(Br)ccc1CSCCCCl. The maximum atomic E-state index is 13.3. The first-order valence-electron chi connectivity index (χ1n) is 4.31. The van der Waals surface area contributed by atoms with Gasteiger partial charge in [0.25, 0.3) is 0 Å². The fourth-order valence-corrected chi connectivity index (χ4v) is 2.55. The van der Waals surface area contributed by atoms with E-state index in [1.54, 1.807) is 11.8 Å². The number of thioether (sulfide) groups is 1. The van der Waals surface area contributed by atoms with Gasteiger partial charge in [-0.25, -0.2) is 4.39 Å². The average molecular weight is 298 g/mol. The molecule has 0 atom stereocenters. The van der Waals surface area contributed by atoms with Gasteiger partial charge in [0, 0.05) is 16.1 Å². The minimum atomic E-state index is -0.141. The lowest BCUT2D eigenvalue weighted by Gasteiger charge is -2.02. The monoisotopic (exact) mass is 296 g/mol. The molecule has 0 saturated carbocycles. The molecule has 0 amide bonds. The minimum absolute atomic E-state index is 0.141. The van der Waals surface area contributed by atoms with Crippen molar-refractivity contribution in [2.75, 3.05) is 11.6 Å². The van der Waals surface area contributed by atoms with Gasteiger partial charge in [0.15, 0.2) is 0 Å². The summed E-state index contributed by atoms with van der Waals surface area (Å²) in [6.45, 7) is 0. The van der Waals surface area contributed by atoms with Gasteiger partial charge in [-0.3, -0.25) is 0 Å². The van der Waals surface area contributed by atoms with Gasteiger partial charge in [0.05, 0.1) is 0 Å². The summed E-state index contributed by atoms with van der Waals surface area (Å²) in [7, 11) is 0. The first-order chi connectivity index (χ1) is 6.74. The molecule has 1 aromatic carbocycles. The largest absolute Gasteiger partial charge is 0.207 e. The molecular weight excluding hydrogens is 287 g/mol. The lowest BCUT2D eigenvalue weighted by molar-refractivity contribution is 0.616. The molecule has 0 aliphatic carbocycles. The van der Waals surface area contributed by atoms with E-state index in [1.165, 1.54) is 6.07 Å². The molecule has 0 N–H and O–H groups in total. The predicted molar refractivity (Wildman–Crippen MR) is 65.6 cm³/mol. The van der Waals surface area contributed by atoms with Crippen LogP contribution in [0.4, 0.5) is 4.39 Å². The van der Waals surface area contributed by atoms with Gasteiger partial charge in [-0.05, 0) is 29.9 Å². The minimum Gasteiger partial charge on any atom is -0.207 e. The molecule has 0 bridgehead atoms. The Morgan fingerprint density at radius 1 is 1.43 bits per heavy atom. The van der Waals surface area contributed by atoms with Crippen molar-refractivity contribution in [3.05, 3.63) is 34.1 Å². The van der Waals surface area contributed by atoms with Crippen molar-refractivity contribution in [1.82, 2.24) is 0 Å². The summed E-state index contributed by atoms with van der Waals surface area (Å²) in [6, 6.07) is 5.17. The van der Waals surface area contributed by atoms with Crippen molar-refractivity contribution in [2.45, 2.75) is 12.2 Å². The third-order valence-corrected chi connectivity index (χ3v) is 3.55. The summed E-state index contributed by atoms with van der Waals surface area (Å²) in [5.74, 6) is 2.24. The lowest BCUT2D eigenvalue weighted by atomic mass is 10.2. The van der Waals surface area contributed by atoms with Crippen molar-refractivity contribution < 1.29 is 4.39 Å². The normalized spacial score (nSPS) is 10.5. The number of benzene rings is 1. The molecular formula is C10H11BrClFS. The van der Waals surface area contributed by atoms with Crippen molar-refractivity contribution >= 4 is 39.3 Å². The molecule has 0 aliphatic heterocycles. The van der Waals surface area contributed by atoms with E-state index in [1.807, 2.05) is 12.1 Å². The number of rotatable bonds is 5. The highest BCUT2D eigenvalue weighted by Gasteiger charge is 2.02. The van der Waals surface area contributed by atoms with Crippen LogP contribution < -0.4 is 0 Å². The van der Waals surface area contributed by atoms with Crippen molar-refractivity contribution in [3.8, 4) is 0 Å². The molecule has 14 heavy (non-hydrogen) atoms. The maximum Gasteiger partial charge on any atom is 0.128 e. The summed E-state index contributed by atoms with van der Waals surface area (Å²) in [5.41, 5.74) is 0.757. The summed E-state index contributed by atoms with van der Waals surface area (Å²) in [6.07, 6.45) is 0.977. The van der Waals surface area contributed by atoms with Crippen LogP contribution in [0, 0.1) is 5.82 Å². The topological polar surface area (TPSA) is 0 Å². The Morgan fingerprint density at radius 3 is 2.86 bits per heavy atom. The molecule has 0 aromatic heterocycles. The molecule has 0 radical (unpaired) electrons. The number of hydrogen-bond donors (Lipinski definition) is 0. The van der Waals surface area contributed by atoms with Gasteiger partial charge in [-0.2, -0.15) is 11.8 Å². The highest BCUT2D eigenvalue weighted by Crippen LogP contribution is 2.20. The first kappa shape index (κ1) is 12.3. The number of alkyl halides is 1. The zero-order valence-electron chi connectivity index (χ0n) is 7.60. The second-order valence-corrected chi connectivity index (χ2v) is 5.23. The van der Waals surface area contributed by atoms with Gasteiger partial charge in [0.2, 0.25) is 0 Å². The Labute approximate surface area is 101 Å². The summed E-state index contributed by atoms with van der Waals surface area (Å²) < 4.78 is 14.1. The highest BCUT2D eigenvalue weighted by atomic mass is 79.9. The fourth-order valence-electron chi connectivity index (χ4n) is 0.977. The van der Waals surface area contributed by atoms with Gasteiger partial charge in [0.1, 0.15) is 5.82 Å². The zero-order valence-corrected chi connectivity index (χ0v) is 10.8. The Balaban J connectivity index is 2.42. The first-order valence-corrected chi connectivity index (χ1v) is 6.80. The van der Waals surface area contributed by atoms with E-state index < -0.39 is 0 Å². The molecule has 0 fully saturated rings. The van der Waals surface area contributed by atoms with Gasteiger partial charge < -0.3 is 0 Å². The van der Waals surface area contributed by atoms with Crippen LogP contribution in [0.3, 0.4) is 0 Å². The number of hydrogen-bond acceptors (Lipinski definition) is 1. The Kier molecular flexibility index (Phi) is 5.90. The third kappa shape index (κ3) is 4.20. The molecule has 1 aromatic rings. The van der Waals surface area contributed by atoms with Gasteiger partial charge in [-0.1, -0.05) is 22.0 Å². The van der Waals surface area contributed by atoms with E-state index in [0.717, 1.165) is 28.0 Å². The molecule has 0 saturated heterocycles. The van der Waals surface area contributed by atoms with Crippen LogP contribution in [0.15, 0.2) is 22.7 Å². The molecule has 0 nitrogen and oxygen atoms in total. The molecule has 4 heteroatoms. The molecule has 0 spiro atoms. The van der Waals surface area contributed by atoms with Crippen LogP contribution in [-0.4, -0.2) is 11.6 Å². The summed E-state index contributed by atoms with van der Waals surface area (Å²) in [5, 5.41) is 0. The molecule has 78 valence electrons. The van der Waals surface area contributed by atoms with E-state index in [4.69, 9.17) is 11.6 Å².